The van der Waals surface area contributed by atoms with E-state index in [1.54, 1.807) is 0 Å². The normalized spacial score (nSPS) is 17.3. The van der Waals surface area contributed by atoms with Gasteiger partial charge >= 0.3 is 6.18 Å². The second-order valence-corrected chi connectivity index (χ2v) is 11.0. The molecule has 0 saturated carbocycles. The molecule has 0 bridgehead atoms. The van der Waals surface area contributed by atoms with Crippen LogP contribution in [-0.2, 0) is 38.4 Å². The zero-order chi connectivity index (χ0) is 27.3. The number of anilines is 1. The monoisotopic (exact) mass is 536 g/mol. The highest BCUT2D eigenvalue weighted by atomic mass is 32.2. The van der Waals surface area contributed by atoms with Gasteiger partial charge in [0.05, 0.1) is 11.9 Å². The van der Waals surface area contributed by atoms with Gasteiger partial charge in [0.1, 0.15) is 6.04 Å². The molecular weight excluding hydrogens is 513 g/mol. The van der Waals surface area contributed by atoms with E-state index in [1.807, 2.05) is 0 Å². The fourth-order valence-corrected chi connectivity index (χ4v) is 4.91. The average molecular weight is 537 g/mol. The Morgan fingerprint density at radius 2 is 1.76 bits per heavy atom. The summed E-state index contributed by atoms with van der Waals surface area (Å²) in [4.78, 5) is 27.8. The lowest BCUT2D eigenvalue weighted by molar-refractivity contribution is -0.175. The predicted octanol–water partition coefficient (Wildman–Crippen LogP) is 2.52. The molecule has 2 heterocycles. The lowest BCUT2D eigenvalue weighted by Crippen LogP contribution is -2.41. The molecule has 3 aromatic rings. The molecule has 37 heavy (non-hydrogen) atoms. The number of nitrogens with one attached hydrogen (secondary N) is 1. The van der Waals surface area contributed by atoms with Gasteiger partial charge in [-0.05, 0) is 53.1 Å². The lowest BCUT2D eigenvalue weighted by Gasteiger charge is -2.29. The topological polar surface area (TPSA) is 127 Å². The van der Waals surface area contributed by atoms with E-state index < -0.39 is 45.1 Å². The number of amides is 2. The molecule has 0 radical (unpaired) electrons. The summed E-state index contributed by atoms with van der Waals surface area (Å²) in [5, 5.41) is 13.5. The smallest absolute Gasteiger partial charge is 0.324 e. The zero-order valence-electron chi connectivity index (χ0n) is 20.2. The number of hydrogen-bond donors (Lipinski definition) is 1. The molecule has 2 amide bonds. The van der Waals surface area contributed by atoms with Gasteiger partial charge < -0.3 is 10.2 Å². The Morgan fingerprint density at radius 3 is 2.27 bits per heavy atom. The molecule has 2 atom stereocenters. The fourth-order valence-electron chi connectivity index (χ4n) is 4.24. The number of alkyl halides is 3. The number of sulfone groups is 1. The van der Waals surface area contributed by atoms with Gasteiger partial charge in [-0.1, -0.05) is 18.2 Å². The van der Waals surface area contributed by atoms with E-state index >= 15 is 0 Å². The van der Waals surface area contributed by atoms with E-state index in [0.717, 1.165) is 18.0 Å². The van der Waals surface area contributed by atoms with Crippen LogP contribution in [0.15, 0.2) is 47.4 Å². The molecule has 2 unspecified atom stereocenters. The van der Waals surface area contributed by atoms with E-state index in [0.29, 0.717) is 11.1 Å². The third kappa shape index (κ3) is 4.68. The molecule has 14 heteroatoms. The Bertz CT molecular complexity index is 1490. The second kappa shape index (κ2) is 8.94. The summed E-state index contributed by atoms with van der Waals surface area (Å²) >= 11 is 0. The molecular formula is C23H23F3N6O4S. The van der Waals surface area contributed by atoms with Crippen molar-refractivity contribution in [1.29, 1.82) is 0 Å². The van der Waals surface area contributed by atoms with Crippen molar-refractivity contribution in [2.24, 2.45) is 7.05 Å². The van der Waals surface area contributed by atoms with E-state index in [9.17, 15) is 31.2 Å². The minimum atomic E-state index is -4.73. The van der Waals surface area contributed by atoms with Crippen LogP contribution in [0.25, 0.3) is 0 Å². The zero-order valence-corrected chi connectivity index (χ0v) is 21.1. The number of carbonyl (C=O) groups is 2. The van der Waals surface area contributed by atoms with Crippen molar-refractivity contribution in [3.8, 4) is 0 Å². The Labute approximate surface area is 210 Å². The van der Waals surface area contributed by atoms with E-state index in [4.69, 9.17) is 0 Å². The van der Waals surface area contributed by atoms with Crippen LogP contribution in [0.2, 0.25) is 0 Å². The molecule has 1 aromatic heterocycles. The molecule has 1 aliphatic rings. The fraction of sp³-hybridized carbons (Fsp3) is 0.348. The highest BCUT2D eigenvalue weighted by Crippen LogP contribution is 2.44. The number of fused-ring (bicyclic) bond motifs is 1. The van der Waals surface area contributed by atoms with Crippen molar-refractivity contribution < 1.29 is 31.2 Å². The van der Waals surface area contributed by atoms with Crippen molar-refractivity contribution >= 4 is 27.3 Å². The molecule has 1 N–H and O–H groups in total. The maximum absolute atomic E-state index is 14.1. The maximum atomic E-state index is 14.1. The van der Waals surface area contributed by atoms with Crippen molar-refractivity contribution in [2.75, 3.05) is 11.6 Å². The number of aryl methyl sites for hydroxylation is 1. The number of benzene rings is 2. The molecule has 196 valence electrons. The van der Waals surface area contributed by atoms with Gasteiger partial charge in [-0.3, -0.25) is 9.59 Å². The number of rotatable bonds is 5. The first kappa shape index (κ1) is 26.3. The van der Waals surface area contributed by atoms with Gasteiger partial charge in [0.15, 0.2) is 21.1 Å². The van der Waals surface area contributed by atoms with Crippen LogP contribution in [0, 0.1) is 0 Å². The molecule has 0 saturated heterocycles. The van der Waals surface area contributed by atoms with E-state index in [2.05, 4.69) is 20.7 Å². The maximum Gasteiger partial charge on any atom is 0.405 e. The predicted molar refractivity (Wildman–Crippen MR) is 125 cm³/mol. The van der Waals surface area contributed by atoms with Crippen LogP contribution in [0.3, 0.4) is 0 Å². The number of hydrogen-bond acceptors (Lipinski definition) is 7. The molecule has 10 nitrogen and oxygen atoms in total. The quantitative estimate of drug-likeness (QED) is 0.531. The molecule has 0 spiro atoms. The molecule has 1 aliphatic heterocycles. The number of aromatic nitrogens is 4. The summed E-state index contributed by atoms with van der Waals surface area (Å²) in [6.07, 6.45) is -3.67. The van der Waals surface area contributed by atoms with Crippen molar-refractivity contribution in [2.45, 2.75) is 42.9 Å². The van der Waals surface area contributed by atoms with Crippen LogP contribution in [0.5, 0.6) is 0 Å². The third-order valence-corrected chi connectivity index (χ3v) is 7.50. The summed E-state index contributed by atoms with van der Waals surface area (Å²) in [5.74, 6) is -1.51. The number of tetrazole rings is 1. The summed E-state index contributed by atoms with van der Waals surface area (Å²) in [5.41, 5.74) is -1.51. The first-order valence-electron chi connectivity index (χ1n) is 11.0. The summed E-state index contributed by atoms with van der Waals surface area (Å²) in [6.45, 7) is 2.28. The van der Waals surface area contributed by atoms with Crippen LogP contribution >= 0.6 is 0 Å². The second-order valence-electron chi connectivity index (χ2n) is 8.97. The SMILES string of the molecule is CC(=O)N1Cc2cc(S(C)(=O)=O)ccc2C1C(=O)Nc1ccc(C(C)(c2nnn(C)n2)C(F)(F)F)cc1. The van der Waals surface area contributed by atoms with Crippen molar-refractivity contribution in [1.82, 2.24) is 25.1 Å². The average Bonchev–Trinajstić information content (AvgIpc) is 3.41. The minimum absolute atomic E-state index is 0.0418. The number of carbonyl (C=O) groups excluding carboxylic acids is 2. The molecule has 4 rings (SSSR count). The summed E-state index contributed by atoms with van der Waals surface area (Å²) < 4.78 is 66.1. The van der Waals surface area contributed by atoms with Crippen LogP contribution in [0.1, 0.15) is 42.4 Å². The summed E-state index contributed by atoms with van der Waals surface area (Å²) in [6, 6.07) is 8.30. The van der Waals surface area contributed by atoms with E-state index in [1.165, 1.54) is 61.3 Å². The van der Waals surface area contributed by atoms with Gasteiger partial charge in [-0.25, -0.2) is 8.42 Å². The highest BCUT2D eigenvalue weighted by molar-refractivity contribution is 7.90. The molecule has 0 aliphatic carbocycles. The van der Waals surface area contributed by atoms with E-state index in [-0.39, 0.29) is 22.7 Å². The molecule has 0 fully saturated rings. The largest absolute Gasteiger partial charge is 0.405 e. The van der Waals surface area contributed by atoms with Gasteiger partial charge in [0.25, 0.3) is 5.91 Å². The van der Waals surface area contributed by atoms with Crippen LogP contribution in [0.4, 0.5) is 18.9 Å². The Kier molecular flexibility index (Phi) is 6.34. The van der Waals surface area contributed by atoms with Gasteiger partial charge in [-0.15, -0.1) is 10.2 Å². The number of nitrogens with zero attached hydrogens (tertiary/aromatic N) is 5. The van der Waals surface area contributed by atoms with Crippen molar-refractivity contribution in [3.05, 3.63) is 65.0 Å². The Morgan fingerprint density at radius 1 is 1.11 bits per heavy atom. The lowest BCUT2D eigenvalue weighted by atomic mass is 9.81. The first-order valence-corrected chi connectivity index (χ1v) is 12.8. The first-order chi connectivity index (χ1) is 17.1. The van der Waals surface area contributed by atoms with Gasteiger partial charge in [-0.2, -0.15) is 18.0 Å². The third-order valence-electron chi connectivity index (χ3n) is 6.39. The Hall–Kier alpha value is -3.81. The van der Waals surface area contributed by atoms with Gasteiger partial charge in [0, 0.05) is 25.4 Å². The van der Waals surface area contributed by atoms with Gasteiger partial charge in [0.2, 0.25) is 5.91 Å². The highest BCUT2D eigenvalue weighted by Gasteiger charge is 2.56. The van der Waals surface area contributed by atoms with Crippen molar-refractivity contribution in [3.63, 3.8) is 0 Å². The number of halogens is 3. The Balaban J connectivity index is 1.63. The van der Waals surface area contributed by atoms with Crippen LogP contribution < -0.4 is 5.32 Å². The van der Waals surface area contributed by atoms with Crippen LogP contribution in [-0.4, -0.2) is 57.8 Å². The standard InChI is InChI=1S/C23H23F3N6O4S/c1-13(33)32-12-14-11-17(37(4,35)36)9-10-18(14)19(32)20(34)27-16-7-5-15(6-8-16)22(2,23(24,25)26)21-28-30-31(3)29-21/h5-11,19H,12H2,1-4H3,(H,27,34). The molecule has 2 aromatic carbocycles. The minimum Gasteiger partial charge on any atom is -0.324 e. The summed E-state index contributed by atoms with van der Waals surface area (Å²) in [7, 11) is -2.13.